The summed E-state index contributed by atoms with van der Waals surface area (Å²) in [4.78, 5) is 15.4. The van der Waals surface area contributed by atoms with Crippen molar-refractivity contribution in [1.29, 1.82) is 0 Å². The molecule has 2 aromatic rings. The Bertz CT molecular complexity index is 719. The molecule has 2 N–H and O–H groups in total. The van der Waals surface area contributed by atoms with Crippen LogP contribution >= 0.6 is 0 Å². The molecule has 0 aliphatic carbocycles. The van der Waals surface area contributed by atoms with Gasteiger partial charge in [0, 0.05) is 32.7 Å². The van der Waals surface area contributed by atoms with Crippen LogP contribution < -0.4 is 10.1 Å². The van der Waals surface area contributed by atoms with Crippen LogP contribution in [0.2, 0.25) is 0 Å². The number of carbonyl (C=O) groups is 1. The fourth-order valence-electron chi connectivity index (χ4n) is 1.75. The monoisotopic (exact) mass is 398 g/mol. The number of hydrogen-bond donors (Lipinski definition) is 2. The molecule has 2 rings (SSSR count). The second kappa shape index (κ2) is 8.93. The van der Waals surface area contributed by atoms with Crippen LogP contribution in [-0.4, -0.2) is 23.2 Å². The number of hydrogen-bond acceptors (Lipinski definition) is 3. The van der Waals surface area contributed by atoms with Gasteiger partial charge in [0.05, 0.1) is 12.3 Å². The molecule has 0 saturated carbocycles. The molecular weight excluding hydrogens is 381 g/mol. The molecule has 0 spiro atoms. The van der Waals surface area contributed by atoms with Gasteiger partial charge in [-0.2, -0.15) is 24.3 Å². The Labute approximate surface area is 166 Å². The van der Waals surface area contributed by atoms with E-state index in [4.69, 9.17) is 11.3 Å². The fraction of sp³-hybridized carbons (Fsp3) is 0.222. The number of nitrogens with zero attached hydrogens (tertiary/aromatic N) is 1. The van der Waals surface area contributed by atoms with Crippen LogP contribution in [0.1, 0.15) is 12.5 Å². The third-order valence-corrected chi connectivity index (χ3v) is 3.20. The van der Waals surface area contributed by atoms with Crippen LogP contribution in [-0.2, 0) is 37.5 Å². The topological polar surface area (TPSA) is 62.9 Å². The van der Waals surface area contributed by atoms with Crippen LogP contribution in [0.15, 0.2) is 42.5 Å². The molecule has 1 radical (unpaired) electrons. The summed E-state index contributed by atoms with van der Waals surface area (Å²) in [6.07, 6.45) is 0. The van der Waals surface area contributed by atoms with Gasteiger partial charge in [-0.1, -0.05) is 23.4 Å². The second-order valence-corrected chi connectivity index (χ2v) is 5.40. The SMILES string of the molecule is [C-]#[N+]c1[c-]cc(NC(=O)[C@@](C)(O)COc2ccc(C)cc2)cc1.[Y]. The van der Waals surface area contributed by atoms with E-state index >= 15 is 0 Å². The minimum atomic E-state index is -1.69. The Morgan fingerprint density at radius 2 is 2.00 bits per heavy atom. The zero-order valence-corrected chi connectivity index (χ0v) is 16.4. The summed E-state index contributed by atoms with van der Waals surface area (Å²) in [6, 6.07) is 14.7. The van der Waals surface area contributed by atoms with Gasteiger partial charge >= 0.3 is 0 Å². The zero-order valence-electron chi connectivity index (χ0n) is 13.5. The molecule has 0 aromatic heterocycles. The summed E-state index contributed by atoms with van der Waals surface area (Å²) < 4.78 is 5.46. The van der Waals surface area contributed by atoms with Crippen molar-refractivity contribution in [2.24, 2.45) is 0 Å². The Morgan fingerprint density at radius 1 is 1.33 bits per heavy atom. The van der Waals surface area contributed by atoms with Crippen molar-refractivity contribution >= 4 is 17.3 Å². The second-order valence-electron chi connectivity index (χ2n) is 5.40. The number of benzene rings is 2. The van der Waals surface area contributed by atoms with Gasteiger partial charge in [-0.25, -0.2) is 0 Å². The largest absolute Gasteiger partial charge is 0.490 e. The first-order valence-corrected chi connectivity index (χ1v) is 7.03. The fourth-order valence-corrected chi connectivity index (χ4v) is 1.75. The summed E-state index contributed by atoms with van der Waals surface area (Å²) in [5.41, 5.74) is 0.222. The minimum Gasteiger partial charge on any atom is -0.490 e. The number of anilines is 1. The van der Waals surface area contributed by atoms with E-state index in [9.17, 15) is 9.90 Å². The third-order valence-electron chi connectivity index (χ3n) is 3.20. The first kappa shape index (κ1) is 20.3. The Kier molecular flexibility index (Phi) is 7.56. The average molecular weight is 398 g/mol. The van der Waals surface area contributed by atoms with Crippen molar-refractivity contribution in [3.8, 4) is 5.75 Å². The Hall–Kier alpha value is -1.74. The van der Waals surface area contributed by atoms with E-state index in [-0.39, 0.29) is 39.3 Å². The Morgan fingerprint density at radius 3 is 2.54 bits per heavy atom. The van der Waals surface area contributed by atoms with Crippen molar-refractivity contribution in [3.05, 3.63) is 65.5 Å². The molecule has 1 amide bonds. The molecule has 0 saturated heterocycles. The van der Waals surface area contributed by atoms with Crippen molar-refractivity contribution in [3.63, 3.8) is 0 Å². The molecule has 6 heteroatoms. The number of aliphatic hydroxyl groups is 1. The smallest absolute Gasteiger partial charge is 0.248 e. The van der Waals surface area contributed by atoms with Crippen LogP contribution in [0.3, 0.4) is 0 Å². The molecule has 0 unspecified atom stereocenters. The third kappa shape index (κ3) is 5.72. The van der Waals surface area contributed by atoms with Crippen LogP contribution in [0.25, 0.3) is 4.85 Å². The summed E-state index contributed by atoms with van der Waals surface area (Å²) in [7, 11) is 0. The minimum absolute atomic E-state index is 0. The van der Waals surface area contributed by atoms with Crippen molar-refractivity contribution in [1.82, 2.24) is 0 Å². The van der Waals surface area contributed by atoms with Gasteiger partial charge in [-0.05, 0) is 26.0 Å². The summed E-state index contributed by atoms with van der Waals surface area (Å²) >= 11 is 0. The average Bonchev–Trinajstić information content (AvgIpc) is 2.55. The van der Waals surface area contributed by atoms with Gasteiger partial charge in [0.15, 0.2) is 5.60 Å². The maximum Gasteiger partial charge on any atom is 0.248 e. The summed E-state index contributed by atoms with van der Waals surface area (Å²) in [5, 5.41) is 12.8. The molecule has 1 atom stereocenters. The van der Waals surface area contributed by atoms with Crippen molar-refractivity contribution in [2.45, 2.75) is 19.4 Å². The van der Waals surface area contributed by atoms with E-state index in [0.717, 1.165) is 5.56 Å². The van der Waals surface area contributed by atoms with E-state index in [0.29, 0.717) is 17.1 Å². The van der Waals surface area contributed by atoms with E-state index in [1.54, 1.807) is 24.3 Å². The number of ether oxygens (including phenoxy) is 1. The Balaban J connectivity index is 0.00000288. The van der Waals surface area contributed by atoms with Gasteiger partial charge in [0.25, 0.3) is 0 Å². The summed E-state index contributed by atoms with van der Waals surface area (Å²) in [6.45, 7) is 10.0. The van der Waals surface area contributed by atoms with Crippen LogP contribution in [0.4, 0.5) is 11.4 Å². The van der Waals surface area contributed by atoms with Gasteiger partial charge in [-0.15, -0.1) is 0 Å². The molecule has 0 heterocycles. The number of carbonyl (C=O) groups excluding carboxylic acids is 1. The van der Waals surface area contributed by atoms with Gasteiger partial charge in [0.2, 0.25) is 5.91 Å². The molecule has 0 fully saturated rings. The molecule has 0 aliphatic heterocycles. The number of amides is 1. The van der Waals surface area contributed by atoms with E-state index in [1.807, 2.05) is 19.1 Å². The molecule has 121 valence electrons. The van der Waals surface area contributed by atoms with Crippen molar-refractivity contribution < 1.29 is 47.3 Å². The predicted molar refractivity (Wildman–Crippen MR) is 87.5 cm³/mol. The quantitative estimate of drug-likeness (QED) is 0.761. The number of rotatable bonds is 5. The van der Waals surface area contributed by atoms with Gasteiger partial charge in [-0.3, -0.25) is 9.64 Å². The van der Waals surface area contributed by atoms with Crippen LogP contribution in [0, 0.1) is 19.6 Å². The van der Waals surface area contributed by atoms with Crippen LogP contribution in [0.5, 0.6) is 5.75 Å². The normalized spacial score (nSPS) is 12.2. The first-order chi connectivity index (χ1) is 10.9. The maximum atomic E-state index is 12.1. The van der Waals surface area contributed by atoms with E-state index < -0.39 is 11.5 Å². The molecule has 5 nitrogen and oxygen atoms in total. The first-order valence-electron chi connectivity index (χ1n) is 7.03. The molecule has 24 heavy (non-hydrogen) atoms. The standard InChI is InChI=1S/C18H17N2O3.Y/c1-13-4-10-16(11-5-13)23-12-18(2,22)17(21)20-15-8-6-14(19-3)7-9-15;/h4-6,8-11,22H,12H2,1-2H3,(H,20,21);/q-1;/t18-;/m0./s1. The molecule has 2 aromatic carbocycles. The van der Waals surface area contributed by atoms with Crippen molar-refractivity contribution in [2.75, 3.05) is 11.9 Å². The molecule has 0 bridgehead atoms. The van der Waals surface area contributed by atoms with E-state index in [1.165, 1.54) is 13.0 Å². The number of nitrogens with one attached hydrogen (secondary N) is 1. The molecule has 0 aliphatic rings. The van der Waals surface area contributed by atoms with E-state index in [2.05, 4.69) is 16.2 Å². The van der Waals surface area contributed by atoms with Gasteiger partial charge < -0.3 is 15.2 Å². The zero-order chi connectivity index (χ0) is 16.9. The summed E-state index contributed by atoms with van der Waals surface area (Å²) in [5.74, 6) is -0.00741. The number of aryl methyl sites for hydroxylation is 1. The molecular formula is C18H17N2O3Y-. The maximum absolute atomic E-state index is 12.1. The predicted octanol–water partition coefficient (Wildman–Crippen LogP) is 3.11. The van der Waals surface area contributed by atoms with Gasteiger partial charge in [0.1, 0.15) is 12.4 Å².